The van der Waals surface area contributed by atoms with E-state index in [9.17, 15) is 24.0 Å². The summed E-state index contributed by atoms with van der Waals surface area (Å²) in [4.78, 5) is 67.5. The number of Topliss-reactive ketones (excluding diaryl/α,β-unsaturated/α-hetero) is 1. The van der Waals surface area contributed by atoms with Crippen LogP contribution in [-0.2, 0) is 35.2 Å². The Hall–Kier alpha value is -3.67. The van der Waals surface area contributed by atoms with Crippen molar-refractivity contribution in [2.45, 2.75) is 85.2 Å². The van der Waals surface area contributed by atoms with Crippen molar-refractivity contribution in [2.24, 2.45) is 0 Å². The standard InChI is InChI=1S/C31H45N3O9/c1-21(35)40-19-23-16-22(8-9-26(23)41-20-28(38)42-30(2,3)4)25(36)17-34-15-14-33(18-27(34)37)24-10-12-32(13-11-24)29(39)43-31(5,6)7/h8-9,16,24H,10-15,17-20H2,1-7H3. The highest BCUT2D eigenvalue weighted by Gasteiger charge is 2.34. The van der Waals surface area contributed by atoms with Crippen LogP contribution in [0.15, 0.2) is 18.2 Å². The Morgan fingerprint density at radius 1 is 0.907 bits per heavy atom. The number of benzene rings is 1. The second kappa shape index (κ2) is 14.2. The molecule has 2 heterocycles. The number of esters is 2. The van der Waals surface area contributed by atoms with Gasteiger partial charge in [0.25, 0.3) is 0 Å². The summed E-state index contributed by atoms with van der Waals surface area (Å²) in [6.45, 7) is 13.8. The Morgan fingerprint density at radius 2 is 1.56 bits per heavy atom. The van der Waals surface area contributed by atoms with E-state index in [1.54, 1.807) is 48.8 Å². The number of carbonyl (C=O) groups is 5. The highest BCUT2D eigenvalue weighted by molar-refractivity contribution is 6.00. The summed E-state index contributed by atoms with van der Waals surface area (Å²) >= 11 is 0. The third-order valence-electron chi connectivity index (χ3n) is 6.89. The number of hydrogen-bond donors (Lipinski definition) is 0. The average Bonchev–Trinajstić information content (AvgIpc) is 2.90. The van der Waals surface area contributed by atoms with E-state index in [4.69, 9.17) is 18.9 Å². The number of hydrogen-bond acceptors (Lipinski definition) is 10. The van der Waals surface area contributed by atoms with Gasteiger partial charge in [-0.1, -0.05) is 0 Å². The van der Waals surface area contributed by atoms with Crippen LogP contribution in [0.25, 0.3) is 0 Å². The second-order valence-electron chi connectivity index (χ2n) is 12.9. The van der Waals surface area contributed by atoms with Crippen molar-refractivity contribution < 1.29 is 42.9 Å². The molecule has 2 amide bonds. The fourth-order valence-electron chi connectivity index (χ4n) is 4.90. The van der Waals surface area contributed by atoms with Gasteiger partial charge in [-0.05, 0) is 72.6 Å². The van der Waals surface area contributed by atoms with Crippen LogP contribution in [0.2, 0.25) is 0 Å². The zero-order valence-electron chi connectivity index (χ0n) is 26.4. The normalized spacial score (nSPS) is 17.0. The molecule has 12 nitrogen and oxygen atoms in total. The van der Waals surface area contributed by atoms with E-state index >= 15 is 0 Å². The summed E-state index contributed by atoms with van der Waals surface area (Å²) in [5, 5.41) is 0. The summed E-state index contributed by atoms with van der Waals surface area (Å²) in [5.74, 6) is -1.18. The maximum atomic E-state index is 13.2. The number of piperidine rings is 1. The van der Waals surface area contributed by atoms with Gasteiger partial charge in [-0.25, -0.2) is 9.59 Å². The Kier molecular flexibility index (Phi) is 11.2. The molecule has 1 aromatic carbocycles. The number of rotatable bonds is 9. The SMILES string of the molecule is CC(=O)OCc1cc(C(=O)CN2CCN(C3CCN(C(=O)OC(C)(C)C)CC3)CC2=O)ccc1OCC(=O)OC(C)(C)C. The third-order valence-corrected chi connectivity index (χ3v) is 6.89. The quantitative estimate of drug-likeness (QED) is 0.236. The smallest absolute Gasteiger partial charge is 0.410 e. The Morgan fingerprint density at radius 3 is 2.14 bits per heavy atom. The van der Waals surface area contributed by atoms with E-state index in [-0.39, 0.29) is 55.9 Å². The van der Waals surface area contributed by atoms with E-state index in [2.05, 4.69) is 4.90 Å². The van der Waals surface area contributed by atoms with Gasteiger partial charge in [0.15, 0.2) is 12.4 Å². The molecular weight excluding hydrogens is 558 g/mol. The average molecular weight is 604 g/mol. The van der Waals surface area contributed by atoms with Crippen LogP contribution in [0.4, 0.5) is 4.79 Å². The fraction of sp³-hybridized carbons (Fsp3) is 0.645. The van der Waals surface area contributed by atoms with Gasteiger partial charge in [-0.3, -0.25) is 19.3 Å². The van der Waals surface area contributed by atoms with Crippen molar-refractivity contribution in [2.75, 3.05) is 45.9 Å². The Bertz CT molecular complexity index is 1190. The van der Waals surface area contributed by atoms with Crippen molar-refractivity contribution in [3.05, 3.63) is 29.3 Å². The number of carbonyl (C=O) groups excluding carboxylic acids is 5. The van der Waals surface area contributed by atoms with Gasteiger partial charge in [0, 0.05) is 50.3 Å². The third kappa shape index (κ3) is 10.8. The van der Waals surface area contributed by atoms with Crippen molar-refractivity contribution in [1.29, 1.82) is 0 Å². The topological polar surface area (TPSA) is 132 Å². The molecule has 3 rings (SSSR count). The van der Waals surface area contributed by atoms with Crippen LogP contribution in [0.5, 0.6) is 5.75 Å². The van der Waals surface area contributed by atoms with E-state index in [0.29, 0.717) is 37.3 Å². The van der Waals surface area contributed by atoms with Crippen molar-refractivity contribution in [3.8, 4) is 5.75 Å². The number of piperazine rings is 1. The molecule has 1 aromatic rings. The van der Waals surface area contributed by atoms with Gasteiger partial charge < -0.3 is 28.7 Å². The molecule has 2 saturated heterocycles. The van der Waals surface area contributed by atoms with E-state index in [0.717, 1.165) is 12.8 Å². The fourth-order valence-corrected chi connectivity index (χ4v) is 4.90. The van der Waals surface area contributed by atoms with Gasteiger partial charge in [0.05, 0.1) is 13.1 Å². The number of amides is 2. The number of nitrogens with zero attached hydrogens (tertiary/aromatic N) is 3. The predicted octanol–water partition coefficient (Wildman–Crippen LogP) is 3.20. The minimum absolute atomic E-state index is 0.0884. The Balaban J connectivity index is 1.56. The molecule has 2 aliphatic rings. The lowest BCUT2D eigenvalue weighted by molar-refractivity contribution is -0.157. The van der Waals surface area contributed by atoms with Crippen LogP contribution in [0.1, 0.15) is 77.2 Å². The minimum Gasteiger partial charge on any atom is -0.481 e. The van der Waals surface area contributed by atoms with Gasteiger partial charge in [-0.2, -0.15) is 0 Å². The van der Waals surface area contributed by atoms with Crippen LogP contribution < -0.4 is 4.74 Å². The molecule has 0 unspecified atom stereocenters. The molecule has 238 valence electrons. The Labute approximate surface area is 253 Å². The minimum atomic E-state index is -0.667. The lowest BCUT2D eigenvalue weighted by atomic mass is 10.0. The maximum Gasteiger partial charge on any atom is 0.410 e. The summed E-state index contributed by atoms with van der Waals surface area (Å²) < 4.78 is 21.5. The number of likely N-dealkylation sites (tertiary alicyclic amines) is 1. The molecule has 0 N–H and O–H groups in total. The largest absolute Gasteiger partial charge is 0.481 e. The first kappa shape index (κ1) is 33.8. The number of ether oxygens (including phenoxy) is 4. The van der Waals surface area contributed by atoms with Gasteiger partial charge in [0.1, 0.15) is 23.6 Å². The predicted molar refractivity (Wildman–Crippen MR) is 157 cm³/mol. The summed E-state index contributed by atoms with van der Waals surface area (Å²) in [6, 6.07) is 4.83. The van der Waals surface area contributed by atoms with Crippen molar-refractivity contribution in [1.82, 2.24) is 14.7 Å². The lowest BCUT2D eigenvalue weighted by Crippen LogP contribution is -2.56. The lowest BCUT2D eigenvalue weighted by Gasteiger charge is -2.42. The van der Waals surface area contributed by atoms with Crippen LogP contribution in [0.3, 0.4) is 0 Å². The number of ketones is 1. The van der Waals surface area contributed by atoms with E-state index < -0.39 is 23.1 Å². The zero-order chi connectivity index (χ0) is 31.9. The monoisotopic (exact) mass is 603 g/mol. The van der Waals surface area contributed by atoms with Crippen LogP contribution >= 0.6 is 0 Å². The molecule has 43 heavy (non-hydrogen) atoms. The van der Waals surface area contributed by atoms with E-state index in [1.807, 2.05) is 20.8 Å². The van der Waals surface area contributed by atoms with Gasteiger partial charge in [-0.15, -0.1) is 0 Å². The first-order valence-electron chi connectivity index (χ1n) is 14.6. The summed E-state index contributed by atoms with van der Waals surface area (Å²) in [6.07, 6.45) is 1.18. The molecule has 0 atom stereocenters. The first-order chi connectivity index (χ1) is 20.0. The molecule has 0 aliphatic carbocycles. The molecule has 0 aromatic heterocycles. The zero-order valence-corrected chi connectivity index (χ0v) is 26.4. The molecule has 2 fully saturated rings. The van der Waals surface area contributed by atoms with Crippen LogP contribution in [0, 0.1) is 0 Å². The second-order valence-corrected chi connectivity index (χ2v) is 12.9. The highest BCUT2D eigenvalue weighted by atomic mass is 16.6. The summed E-state index contributed by atoms with van der Waals surface area (Å²) in [5.41, 5.74) is -0.468. The highest BCUT2D eigenvalue weighted by Crippen LogP contribution is 2.24. The van der Waals surface area contributed by atoms with Gasteiger partial charge in [0.2, 0.25) is 5.91 Å². The first-order valence-corrected chi connectivity index (χ1v) is 14.6. The van der Waals surface area contributed by atoms with Crippen molar-refractivity contribution in [3.63, 3.8) is 0 Å². The summed E-state index contributed by atoms with van der Waals surface area (Å²) in [7, 11) is 0. The maximum absolute atomic E-state index is 13.2. The van der Waals surface area contributed by atoms with Crippen molar-refractivity contribution >= 4 is 29.7 Å². The molecule has 12 heteroatoms. The molecule has 0 spiro atoms. The van der Waals surface area contributed by atoms with Crippen LogP contribution in [-0.4, -0.2) is 108 Å². The molecule has 0 radical (unpaired) electrons. The molecular formula is C31H45N3O9. The molecule has 0 saturated carbocycles. The molecule has 2 aliphatic heterocycles. The molecule has 0 bridgehead atoms. The van der Waals surface area contributed by atoms with Gasteiger partial charge >= 0.3 is 18.0 Å². The van der Waals surface area contributed by atoms with E-state index in [1.165, 1.54) is 6.92 Å².